The van der Waals surface area contributed by atoms with Gasteiger partial charge in [0.1, 0.15) is 0 Å². The molecule has 2 atom stereocenters. The molecular formula is C16H24N2S. The van der Waals surface area contributed by atoms with Crippen molar-refractivity contribution in [3.8, 4) is 0 Å². The number of rotatable bonds is 5. The Morgan fingerprint density at radius 2 is 2.11 bits per heavy atom. The molecule has 1 aromatic rings. The maximum absolute atomic E-state index is 3.78. The quantitative estimate of drug-likeness (QED) is 0.890. The third-order valence-electron chi connectivity index (χ3n) is 4.24. The lowest BCUT2D eigenvalue weighted by atomic mass is 10.1. The summed E-state index contributed by atoms with van der Waals surface area (Å²) in [6.07, 6.45) is 2.73. The van der Waals surface area contributed by atoms with Crippen molar-refractivity contribution in [1.29, 1.82) is 0 Å². The molecule has 2 heterocycles. The predicted molar refractivity (Wildman–Crippen MR) is 83.6 cm³/mol. The molecule has 3 heteroatoms. The van der Waals surface area contributed by atoms with Gasteiger partial charge in [-0.25, -0.2) is 0 Å². The van der Waals surface area contributed by atoms with E-state index in [2.05, 4.69) is 52.3 Å². The van der Waals surface area contributed by atoms with E-state index in [9.17, 15) is 0 Å². The average Bonchev–Trinajstić information content (AvgIpc) is 3.09. The number of thioether (sulfide) groups is 1. The van der Waals surface area contributed by atoms with E-state index in [-0.39, 0.29) is 0 Å². The number of nitrogens with zero attached hydrogens (tertiary/aromatic N) is 1. The molecule has 2 nitrogen and oxygen atoms in total. The molecule has 0 radical (unpaired) electrons. The van der Waals surface area contributed by atoms with Crippen LogP contribution in [0.4, 0.5) is 0 Å². The first-order valence-electron chi connectivity index (χ1n) is 7.47. The summed E-state index contributed by atoms with van der Waals surface area (Å²) in [6.45, 7) is 4.80. The first-order valence-corrected chi connectivity index (χ1v) is 8.63. The number of hydrogen-bond donors (Lipinski definition) is 1. The molecule has 2 aliphatic heterocycles. The van der Waals surface area contributed by atoms with E-state index in [0.717, 1.165) is 12.5 Å². The molecule has 1 aromatic carbocycles. The zero-order valence-corrected chi connectivity index (χ0v) is 12.4. The van der Waals surface area contributed by atoms with Crippen molar-refractivity contribution >= 4 is 11.8 Å². The predicted octanol–water partition coefficient (Wildman–Crippen LogP) is 2.60. The van der Waals surface area contributed by atoms with Crippen LogP contribution in [0.5, 0.6) is 0 Å². The van der Waals surface area contributed by atoms with Crippen molar-refractivity contribution < 1.29 is 0 Å². The lowest BCUT2D eigenvalue weighted by Gasteiger charge is -2.18. The van der Waals surface area contributed by atoms with Gasteiger partial charge in [-0.2, -0.15) is 11.8 Å². The van der Waals surface area contributed by atoms with Gasteiger partial charge in [0, 0.05) is 25.7 Å². The maximum atomic E-state index is 3.78. The lowest BCUT2D eigenvalue weighted by molar-refractivity contribution is 0.317. The summed E-state index contributed by atoms with van der Waals surface area (Å²) >= 11 is 2.12. The largest absolute Gasteiger partial charge is 0.312 e. The van der Waals surface area contributed by atoms with E-state index in [4.69, 9.17) is 0 Å². The van der Waals surface area contributed by atoms with Crippen LogP contribution in [-0.4, -0.2) is 42.1 Å². The second-order valence-corrected chi connectivity index (χ2v) is 6.99. The Bertz CT molecular complexity index is 376. The summed E-state index contributed by atoms with van der Waals surface area (Å²) in [7, 11) is 0. The summed E-state index contributed by atoms with van der Waals surface area (Å²) in [6, 6.07) is 11.6. The monoisotopic (exact) mass is 276 g/mol. The van der Waals surface area contributed by atoms with Gasteiger partial charge in [0.05, 0.1) is 0 Å². The molecule has 1 N–H and O–H groups in total. The van der Waals surface area contributed by atoms with Crippen LogP contribution in [0.3, 0.4) is 0 Å². The molecule has 19 heavy (non-hydrogen) atoms. The highest BCUT2D eigenvalue weighted by molar-refractivity contribution is 7.99. The minimum Gasteiger partial charge on any atom is -0.312 e. The Morgan fingerprint density at radius 1 is 1.21 bits per heavy atom. The van der Waals surface area contributed by atoms with Crippen molar-refractivity contribution in [3.05, 3.63) is 35.9 Å². The molecule has 3 rings (SSSR count). The fourth-order valence-electron chi connectivity index (χ4n) is 3.06. The minimum atomic E-state index is 0.717. The van der Waals surface area contributed by atoms with Crippen LogP contribution in [0, 0.1) is 5.92 Å². The van der Waals surface area contributed by atoms with E-state index in [1.54, 1.807) is 0 Å². The number of hydrogen-bond acceptors (Lipinski definition) is 3. The van der Waals surface area contributed by atoms with Crippen LogP contribution < -0.4 is 5.32 Å². The van der Waals surface area contributed by atoms with Gasteiger partial charge in [-0.1, -0.05) is 30.3 Å². The Kier molecular flexibility index (Phi) is 4.81. The third kappa shape index (κ3) is 3.98. The van der Waals surface area contributed by atoms with Crippen LogP contribution in [0.25, 0.3) is 0 Å². The van der Waals surface area contributed by atoms with Gasteiger partial charge in [0.25, 0.3) is 0 Å². The van der Waals surface area contributed by atoms with Gasteiger partial charge in [-0.15, -0.1) is 0 Å². The summed E-state index contributed by atoms with van der Waals surface area (Å²) in [5.74, 6) is 3.66. The van der Waals surface area contributed by atoms with Crippen molar-refractivity contribution in [2.24, 2.45) is 5.92 Å². The Hall–Kier alpha value is -0.510. The molecule has 0 saturated carbocycles. The number of nitrogens with one attached hydrogen (secondary N) is 1. The highest BCUT2D eigenvalue weighted by Crippen LogP contribution is 2.23. The van der Waals surface area contributed by atoms with E-state index in [1.807, 2.05) is 0 Å². The molecule has 0 spiro atoms. The van der Waals surface area contributed by atoms with E-state index >= 15 is 0 Å². The van der Waals surface area contributed by atoms with Gasteiger partial charge in [0.15, 0.2) is 0 Å². The zero-order chi connectivity index (χ0) is 12.9. The molecule has 0 bridgehead atoms. The Balaban J connectivity index is 1.40. The molecule has 2 aliphatic rings. The zero-order valence-electron chi connectivity index (χ0n) is 11.6. The van der Waals surface area contributed by atoms with E-state index in [1.165, 1.54) is 49.5 Å². The van der Waals surface area contributed by atoms with Crippen molar-refractivity contribution in [2.45, 2.75) is 25.4 Å². The van der Waals surface area contributed by atoms with Crippen LogP contribution in [0.15, 0.2) is 30.3 Å². The first-order chi connectivity index (χ1) is 9.40. The second kappa shape index (κ2) is 6.78. The normalized spacial score (nSPS) is 28.0. The van der Waals surface area contributed by atoms with Crippen LogP contribution in [-0.2, 0) is 6.54 Å². The van der Waals surface area contributed by atoms with Crippen molar-refractivity contribution in [1.82, 2.24) is 10.2 Å². The summed E-state index contributed by atoms with van der Waals surface area (Å²) in [5, 5.41) is 3.78. The SMILES string of the molecule is c1ccc(CN2CCC(NCC3CCSC3)C2)cc1. The molecule has 0 amide bonds. The topological polar surface area (TPSA) is 15.3 Å². The fraction of sp³-hybridized carbons (Fsp3) is 0.625. The van der Waals surface area contributed by atoms with Crippen LogP contribution >= 0.6 is 11.8 Å². The smallest absolute Gasteiger partial charge is 0.0234 e. The molecular weight excluding hydrogens is 252 g/mol. The summed E-state index contributed by atoms with van der Waals surface area (Å²) in [4.78, 5) is 2.58. The highest BCUT2D eigenvalue weighted by Gasteiger charge is 2.23. The summed E-state index contributed by atoms with van der Waals surface area (Å²) in [5.41, 5.74) is 1.44. The van der Waals surface area contributed by atoms with Crippen LogP contribution in [0.2, 0.25) is 0 Å². The van der Waals surface area contributed by atoms with Gasteiger partial charge in [0.2, 0.25) is 0 Å². The number of likely N-dealkylation sites (tertiary alicyclic amines) is 1. The van der Waals surface area contributed by atoms with Gasteiger partial charge < -0.3 is 5.32 Å². The third-order valence-corrected chi connectivity index (χ3v) is 5.47. The lowest BCUT2D eigenvalue weighted by Crippen LogP contribution is -2.35. The molecule has 2 saturated heterocycles. The minimum absolute atomic E-state index is 0.717. The molecule has 2 fully saturated rings. The fourth-order valence-corrected chi connectivity index (χ4v) is 4.35. The van der Waals surface area contributed by atoms with Gasteiger partial charge >= 0.3 is 0 Å². The second-order valence-electron chi connectivity index (χ2n) is 5.84. The molecule has 2 unspecified atom stereocenters. The first kappa shape index (κ1) is 13.5. The van der Waals surface area contributed by atoms with E-state index in [0.29, 0.717) is 6.04 Å². The average molecular weight is 276 g/mol. The molecule has 104 valence electrons. The Labute approximate surface area is 121 Å². The van der Waals surface area contributed by atoms with E-state index < -0.39 is 0 Å². The van der Waals surface area contributed by atoms with Crippen molar-refractivity contribution in [2.75, 3.05) is 31.1 Å². The van der Waals surface area contributed by atoms with Gasteiger partial charge in [-0.05, 0) is 42.4 Å². The maximum Gasteiger partial charge on any atom is 0.0234 e. The standard InChI is InChI=1S/C16H24N2S/c1-2-4-14(5-3-1)11-18-8-6-16(12-18)17-10-15-7-9-19-13-15/h1-5,15-17H,6-13H2. The summed E-state index contributed by atoms with van der Waals surface area (Å²) < 4.78 is 0. The molecule has 0 aliphatic carbocycles. The highest BCUT2D eigenvalue weighted by atomic mass is 32.2. The van der Waals surface area contributed by atoms with Crippen LogP contribution in [0.1, 0.15) is 18.4 Å². The number of benzene rings is 1. The molecule has 0 aromatic heterocycles. The van der Waals surface area contributed by atoms with Crippen molar-refractivity contribution in [3.63, 3.8) is 0 Å². The Morgan fingerprint density at radius 3 is 2.89 bits per heavy atom. The van der Waals surface area contributed by atoms with Gasteiger partial charge in [-0.3, -0.25) is 4.90 Å².